The third-order valence-corrected chi connectivity index (χ3v) is 4.90. The molecule has 0 atom stereocenters. The van der Waals surface area contributed by atoms with Crippen LogP contribution in [-0.2, 0) is 4.79 Å². The monoisotopic (exact) mass is 325 g/mol. The standard InChI is InChI=1S/C13H12FN3O2S2/c1-7-12(20-6-10(15)18)21-13(16-7)17-11(19)8-4-2-3-5-9(8)14/h2-5H,6H2,1H3,(H2,15,18)(H,16,17,19). The quantitative estimate of drug-likeness (QED) is 0.827. The summed E-state index contributed by atoms with van der Waals surface area (Å²) in [4.78, 5) is 26.9. The Labute approximate surface area is 128 Å². The Morgan fingerprint density at radius 3 is 2.81 bits per heavy atom. The van der Waals surface area contributed by atoms with Crippen LogP contribution in [0.2, 0.25) is 0 Å². The number of primary amides is 1. The van der Waals surface area contributed by atoms with Crippen molar-refractivity contribution in [2.45, 2.75) is 11.1 Å². The van der Waals surface area contributed by atoms with E-state index < -0.39 is 17.6 Å². The van der Waals surface area contributed by atoms with Gasteiger partial charge in [0, 0.05) is 0 Å². The minimum Gasteiger partial charge on any atom is -0.369 e. The highest BCUT2D eigenvalue weighted by Gasteiger charge is 2.15. The SMILES string of the molecule is Cc1nc(NC(=O)c2ccccc2F)sc1SCC(N)=O. The zero-order valence-electron chi connectivity index (χ0n) is 11.1. The Bertz CT molecular complexity index is 688. The first-order valence-electron chi connectivity index (χ1n) is 5.92. The maximum atomic E-state index is 13.5. The lowest BCUT2D eigenvalue weighted by Gasteiger charge is -2.02. The molecule has 21 heavy (non-hydrogen) atoms. The molecule has 2 amide bonds. The molecule has 1 aromatic carbocycles. The van der Waals surface area contributed by atoms with Crippen LogP contribution in [0.4, 0.5) is 9.52 Å². The number of nitrogens with one attached hydrogen (secondary N) is 1. The predicted molar refractivity (Wildman–Crippen MR) is 81.1 cm³/mol. The summed E-state index contributed by atoms with van der Waals surface area (Å²) in [6, 6.07) is 5.71. The van der Waals surface area contributed by atoms with Gasteiger partial charge in [-0.15, -0.1) is 11.8 Å². The Morgan fingerprint density at radius 1 is 1.43 bits per heavy atom. The first-order valence-corrected chi connectivity index (χ1v) is 7.72. The Balaban J connectivity index is 2.10. The van der Waals surface area contributed by atoms with E-state index in [-0.39, 0.29) is 11.3 Å². The molecule has 5 nitrogen and oxygen atoms in total. The van der Waals surface area contributed by atoms with Gasteiger partial charge in [0.15, 0.2) is 5.13 Å². The number of aryl methyl sites for hydroxylation is 1. The van der Waals surface area contributed by atoms with Gasteiger partial charge in [-0.25, -0.2) is 9.37 Å². The van der Waals surface area contributed by atoms with Crippen molar-refractivity contribution in [3.8, 4) is 0 Å². The average molecular weight is 325 g/mol. The fourth-order valence-corrected chi connectivity index (χ4v) is 3.39. The lowest BCUT2D eigenvalue weighted by Crippen LogP contribution is -2.13. The molecule has 110 valence electrons. The highest BCUT2D eigenvalue weighted by atomic mass is 32.2. The van der Waals surface area contributed by atoms with E-state index in [2.05, 4.69) is 10.3 Å². The molecule has 0 aliphatic heterocycles. The van der Waals surface area contributed by atoms with E-state index in [4.69, 9.17) is 5.73 Å². The van der Waals surface area contributed by atoms with Crippen molar-refractivity contribution in [1.29, 1.82) is 0 Å². The number of thioether (sulfide) groups is 1. The normalized spacial score (nSPS) is 10.4. The number of hydrogen-bond acceptors (Lipinski definition) is 5. The molecule has 1 aromatic heterocycles. The minimum absolute atomic E-state index is 0.0447. The molecule has 3 N–H and O–H groups in total. The minimum atomic E-state index is -0.591. The number of carbonyl (C=O) groups is 2. The summed E-state index contributed by atoms with van der Waals surface area (Å²) in [5.74, 6) is -1.44. The molecule has 0 saturated carbocycles. The Kier molecular flexibility index (Phi) is 4.92. The van der Waals surface area contributed by atoms with Crippen LogP contribution >= 0.6 is 23.1 Å². The predicted octanol–water partition coefficient (Wildman–Crippen LogP) is 2.42. The van der Waals surface area contributed by atoms with E-state index in [1.165, 1.54) is 41.3 Å². The Morgan fingerprint density at radius 2 is 2.14 bits per heavy atom. The summed E-state index contributed by atoms with van der Waals surface area (Å²) in [5, 5.41) is 2.90. The number of thiazole rings is 1. The first-order chi connectivity index (χ1) is 9.97. The number of anilines is 1. The lowest BCUT2D eigenvalue weighted by molar-refractivity contribution is -0.115. The summed E-state index contributed by atoms with van der Waals surface area (Å²) in [7, 11) is 0. The summed E-state index contributed by atoms with van der Waals surface area (Å²) in [6.45, 7) is 1.76. The molecule has 0 radical (unpaired) electrons. The van der Waals surface area contributed by atoms with Gasteiger partial charge in [-0.3, -0.25) is 14.9 Å². The van der Waals surface area contributed by atoms with Crippen LogP contribution < -0.4 is 11.1 Å². The topological polar surface area (TPSA) is 85.1 Å². The number of nitrogens with zero attached hydrogens (tertiary/aromatic N) is 1. The second-order valence-electron chi connectivity index (χ2n) is 4.08. The molecule has 0 aliphatic rings. The molecular formula is C13H12FN3O2S2. The van der Waals surface area contributed by atoms with Crippen molar-refractivity contribution in [3.05, 3.63) is 41.3 Å². The molecule has 2 rings (SSSR count). The lowest BCUT2D eigenvalue weighted by atomic mass is 10.2. The molecule has 0 saturated heterocycles. The van der Waals surface area contributed by atoms with Gasteiger partial charge in [-0.2, -0.15) is 0 Å². The number of hydrogen-bond donors (Lipinski definition) is 2. The molecule has 1 heterocycles. The van der Waals surface area contributed by atoms with Gasteiger partial charge in [0.25, 0.3) is 5.91 Å². The summed E-state index contributed by atoms with van der Waals surface area (Å²) >= 11 is 2.48. The van der Waals surface area contributed by atoms with E-state index in [1.54, 1.807) is 13.0 Å². The van der Waals surface area contributed by atoms with Crippen molar-refractivity contribution >= 4 is 40.0 Å². The molecule has 0 spiro atoms. The largest absolute Gasteiger partial charge is 0.369 e. The molecule has 8 heteroatoms. The fraction of sp³-hybridized carbons (Fsp3) is 0.154. The van der Waals surface area contributed by atoms with Gasteiger partial charge < -0.3 is 5.73 Å². The van der Waals surface area contributed by atoms with E-state index in [0.717, 1.165) is 4.21 Å². The van der Waals surface area contributed by atoms with Crippen LogP contribution in [0.5, 0.6) is 0 Å². The van der Waals surface area contributed by atoms with Gasteiger partial charge in [0.05, 0.1) is 21.2 Å². The first kappa shape index (κ1) is 15.5. The molecule has 0 aliphatic carbocycles. The summed E-state index contributed by atoms with van der Waals surface area (Å²) < 4.78 is 14.3. The number of benzene rings is 1. The van der Waals surface area contributed by atoms with Crippen molar-refractivity contribution < 1.29 is 14.0 Å². The van der Waals surface area contributed by atoms with Crippen molar-refractivity contribution in [2.24, 2.45) is 5.73 Å². The average Bonchev–Trinajstić information content (AvgIpc) is 2.76. The van der Waals surface area contributed by atoms with Crippen LogP contribution in [0.25, 0.3) is 0 Å². The van der Waals surface area contributed by atoms with E-state index in [9.17, 15) is 14.0 Å². The maximum absolute atomic E-state index is 13.5. The number of aromatic nitrogens is 1. The molecule has 0 fully saturated rings. The third kappa shape index (κ3) is 4.02. The second-order valence-corrected chi connectivity index (χ2v) is 6.32. The van der Waals surface area contributed by atoms with Gasteiger partial charge in [-0.05, 0) is 19.1 Å². The van der Waals surface area contributed by atoms with E-state index in [1.807, 2.05) is 0 Å². The number of halogens is 1. The highest BCUT2D eigenvalue weighted by Crippen LogP contribution is 2.32. The second kappa shape index (κ2) is 6.68. The van der Waals surface area contributed by atoms with Crippen LogP contribution in [0.3, 0.4) is 0 Å². The van der Waals surface area contributed by atoms with Crippen molar-refractivity contribution in [2.75, 3.05) is 11.1 Å². The van der Waals surface area contributed by atoms with Gasteiger partial charge in [-0.1, -0.05) is 23.5 Å². The van der Waals surface area contributed by atoms with Gasteiger partial charge in [0.2, 0.25) is 5.91 Å². The number of nitrogens with two attached hydrogens (primary N) is 1. The third-order valence-electron chi connectivity index (χ3n) is 2.44. The van der Waals surface area contributed by atoms with E-state index in [0.29, 0.717) is 10.8 Å². The molecule has 0 unspecified atom stereocenters. The maximum Gasteiger partial charge on any atom is 0.260 e. The number of amides is 2. The van der Waals surface area contributed by atoms with Gasteiger partial charge in [0.1, 0.15) is 5.82 Å². The van der Waals surface area contributed by atoms with Crippen LogP contribution in [-0.4, -0.2) is 22.6 Å². The summed E-state index contributed by atoms with van der Waals surface area (Å²) in [5.41, 5.74) is 5.73. The van der Waals surface area contributed by atoms with Crippen LogP contribution in [0, 0.1) is 12.7 Å². The van der Waals surface area contributed by atoms with Gasteiger partial charge >= 0.3 is 0 Å². The van der Waals surface area contributed by atoms with Crippen molar-refractivity contribution in [3.63, 3.8) is 0 Å². The number of rotatable bonds is 5. The zero-order chi connectivity index (χ0) is 15.4. The zero-order valence-corrected chi connectivity index (χ0v) is 12.7. The van der Waals surface area contributed by atoms with Crippen LogP contribution in [0.15, 0.2) is 28.5 Å². The molecular weight excluding hydrogens is 313 g/mol. The molecule has 2 aromatic rings. The summed E-state index contributed by atoms with van der Waals surface area (Å²) in [6.07, 6.45) is 0. The Hall–Kier alpha value is -1.93. The highest BCUT2D eigenvalue weighted by molar-refractivity contribution is 8.01. The van der Waals surface area contributed by atoms with Crippen LogP contribution in [0.1, 0.15) is 16.1 Å². The number of carbonyl (C=O) groups excluding carboxylic acids is 2. The smallest absolute Gasteiger partial charge is 0.260 e. The molecule has 0 bridgehead atoms. The van der Waals surface area contributed by atoms with E-state index >= 15 is 0 Å². The van der Waals surface area contributed by atoms with Crippen molar-refractivity contribution in [1.82, 2.24) is 4.98 Å². The fourth-order valence-electron chi connectivity index (χ4n) is 1.52.